The third-order valence-corrected chi connectivity index (χ3v) is 7.31. The minimum absolute atomic E-state index is 0.113. The molecule has 16 nitrogen and oxygen atoms in total. The summed E-state index contributed by atoms with van der Waals surface area (Å²) in [5.74, 6) is -3.15. The normalized spacial score (nSPS) is 32.9. The highest BCUT2D eigenvalue weighted by atomic mass is 16.7. The van der Waals surface area contributed by atoms with Gasteiger partial charge < -0.3 is 74.4 Å². The minimum Gasteiger partial charge on any atom is -0.504 e. The van der Waals surface area contributed by atoms with Crippen molar-refractivity contribution in [1.29, 1.82) is 0 Å². The molecular formula is C27H30O16. The molecule has 0 saturated carbocycles. The van der Waals surface area contributed by atoms with Crippen molar-refractivity contribution in [2.45, 2.75) is 68.3 Å². The molecule has 10 atom stereocenters. The van der Waals surface area contributed by atoms with Crippen molar-refractivity contribution < 1.29 is 74.4 Å². The smallest absolute Gasteiger partial charge is 0.229 e. The van der Waals surface area contributed by atoms with Crippen LogP contribution in [0.5, 0.6) is 28.7 Å². The molecule has 1 aromatic heterocycles. The van der Waals surface area contributed by atoms with Gasteiger partial charge in [0.15, 0.2) is 28.4 Å². The van der Waals surface area contributed by atoms with Gasteiger partial charge in [0.05, 0.1) is 12.7 Å². The van der Waals surface area contributed by atoms with Gasteiger partial charge in [-0.25, -0.2) is 0 Å². The number of aromatic hydroxyl groups is 3. The van der Waals surface area contributed by atoms with Gasteiger partial charge in [-0.2, -0.15) is 0 Å². The van der Waals surface area contributed by atoms with Gasteiger partial charge >= 0.3 is 0 Å². The van der Waals surface area contributed by atoms with Crippen molar-refractivity contribution in [3.8, 4) is 40.1 Å². The van der Waals surface area contributed by atoms with E-state index in [4.69, 9.17) is 23.4 Å². The summed E-state index contributed by atoms with van der Waals surface area (Å²) >= 11 is 0. The van der Waals surface area contributed by atoms with Gasteiger partial charge in [0.2, 0.25) is 18.3 Å². The third-order valence-electron chi connectivity index (χ3n) is 7.31. The molecule has 0 spiro atoms. The zero-order valence-electron chi connectivity index (χ0n) is 22.3. The van der Waals surface area contributed by atoms with Gasteiger partial charge in [-0.15, -0.1) is 0 Å². The first-order valence-electron chi connectivity index (χ1n) is 13.0. The van der Waals surface area contributed by atoms with Crippen molar-refractivity contribution in [2.75, 3.05) is 6.61 Å². The lowest BCUT2D eigenvalue weighted by atomic mass is 9.99. The fraction of sp³-hybridized carbons (Fsp3) is 0.444. The zero-order chi connectivity index (χ0) is 31.3. The van der Waals surface area contributed by atoms with E-state index in [1.165, 1.54) is 25.1 Å². The largest absolute Gasteiger partial charge is 0.504 e. The van der Waals surface area contributed by atoms with E-state index in [0.717, 1.165) is 12.1 Å². The fourth-order valence-electron chi connectivity index (χ4n) is 4.81. The Hall–Kier alpha value is -3.71. The molecule has 0 bridgehead atoms. The maximum atomic E-state index is 13.1. The van der Waals surface area contributed by atoms with E-state index in [2.05, 4.69) is 0 Å². The molecule has 3 heterocycles. The summed E-state index contributed by atoms with van der Waals surface area (Å²) in [7, 11) is 0. The maximum absolute atomic E-state index is 13.1. The lowest BCUT2D eigenvalue weighted by Gasteiger charge is -2.39. The van der Waals surface area contributed by atoms with Crippen LogP contribution in [-0.2, 0) is 9.47 Å². The number of rotatable bonds is 6. The Labute approximate surface area is 241 Å². The summed E-state index contributed by atoms with van der Waals surface area (Å²) in [5.41, 5.74) is -0.975. The molecule has 2 aliphatic rings. The average Bonchev–Trinajstić information content (AvgIpc) is 2.97. The van der Waals surface area contributed by atoms with Crippen molar-refractivity contribution in [3.63, 3.8) is 0 Å². The maximum Gasteiger partial charge on any atom is 0.229 e. The summed E-state index contributed by atoms with van der Waals surface area (Å²) in [4.78, 5) is 13.1. The number of phenols is 3. The van der Waals surface area contributed by atoms with Gasteiger partial charge in [-0.05, 0) is 25.1 Å². The SMILES string of the molecule is C[C@@H]1O[C@@H](Oc2cc(-c3cc(=O)c4c(O)c(O[C@@H]5O[C@H](CO)[C@@H](O)[C@H](O)[C@H]5O)c(O)cc4o3)ccc2O)[C@@H](O)[C@H](O)[C@H]1O. The second-order valence-corrected chi connectivity index (χ2v) is 10.2. The van der Waals surface area contributed by atoms with Gasteiger partial charge in [-0.1, -0.05) is 0 Å². The van der Waals surface area contributed by atoms with Crippen molar-refractivity contribution >= 4 is 11.0 Å². The van der Waals surface area contributed by atoms with Crippen LogP contribution in [0, 0.1) is 0 Å². The highest BCUT2D eigenvalue weighted by Crippen LogP contribution is 2.43. The molecule has 2 aliphatic heterocycles. The molecule has 43 heavy (non-hydrogen) atoms. The number of ether oxygens (including phenoxy) is 4. The third kappa shape index (κ3) is 5.55. The Morgan fingerprint density at radius 3 is 2.09 bits per heavy atom. The summed E-state index contributed by atoms with van der Waals surface area (Å²) in [6, 6.07) is 5.67. The van der Waals surface area contributed by atoms with Crippen LogP contribution >= 0.6 is 0 Å². The molecule has 2 aromatic carbocycles. The number of fused-ring (bicyclic) bond motifs is 1. The Bertz CT molecular complexity index is 1540. The Kier molecular flexibility index (Phi) is 8.41. The molecule has 3 aromatic rings. The van der Waals surface area contributed by atoms with E-state index >= 15 is 0 Å². The van der Waals surface area contributed by atoms with Crippen LogP contribution in [-0.4, -0.2) is 119 Å². The van der Waals surface area contributed by atoms with Crippen LogP contribution in [0.25, 0.3) is 22.3 Å². The molecule has 5 rings (SSSR count). The Morgan fingerprint density at radius 1 is 0.767 bits per heavy atom. The summed E-state index contributed by atoms with van der Waals surface area (Å²) in [6.45, 7) is 0.691. The molecule has 234 valence electrons. The molecule has 16 heteroatoms. The molecule has 2 saturated heterocycles. The van der Waals surface area contributed by atoms with Crippen LogP contribution in [0.3, 0.4) is 0 Å². The highest BCUT2D eigenvalue weighted by molar-refractivity contribution is 5.89. The lowest BCUT2D eigenvalue weighted by molar-refractivity contribution is -0.277. The van der Waals surface area contributed by atoms with Crippen molar-refractivity contribution in [1.82, 2.24) is 0 Å². The second kappa shape index (κ2) is 11.8. The number of aliphatic hydroxyl groups excluding tert-OH is 7. The van der Waals surface area contributed by atoms with E-state index in [1.807, 2.05) is 0 Å². The predicted octanol–water partition coefficient (Wildman–Crippen LogP) is -2.04. The number of benzene rings is 2. The van der Waals surface area contributed by atoms with Crippen LogP contribution in [0.4, 0.5) is 0 Å². The molecular weight excluding hydrogens is 580 g/mol. The standard InChI is InChI=1S/C27H30O16/c1-8-18(32)21(35)23(37)26(39-8)41-14-4-9(2-3-10(14)29)13-5-11(30)17-15(40-13)6-12(31)25(20(17)34)43-27-24(38)22(36)19(33)16(7-28)42-27/h2-6,8,16,18-19,21-24,26-29,31-38H,7H2,1H3/t8-,16+,18-,19+,21+,22-,23-,24+,26-,27-/m0/s1. The number of hydrogen-bond donors (Lipinski definition) is 10. The monoisotopic (exact) mass is 610 g/mol. The van der Waals surface area contributed by atoms with Crippen LogP contribution in [0.1, 0.15) is 6.92 Å². The first-order valence-corrected chi connectivity index (χ1v) is 13.0. The second-order valence-electron chi connectivity index (χ2n) is 10.2. The van der Waals surface area contributed by atoms with Gasteiger partial charge in [-0.3, -0.25) is 4.79 Å². The van der Waals surface area contributed by atoms with E-state index in [1.54, 1.807) is 0 Å². The number of aliphatic hydroxyl groups is 7. The van der Waals surface area contributed by atoms with Crippen LogP contribution in [0.15, 0.2) is 39.5 Å². The fourth-order valence-corrected chi connectivity index (χ4v) is 4.81. The van der Waals surface area contributed by atoms with Gasteiger partial charge in [0.1, 0.15) is 59.5 Å². The summed E-state index contributed by atoms with van der Waals surface area (Å²) in [6.07, 6.45) is -15.5. The van der Waals surface area contributed by atoms with Crippen molar-refractivity contribution in [3.05, 3.63) is 40.6 Å². The molecule has 10 N–H and O–H groups in total. The molecule has 0 amide bonds. The van der Waals surface area contributed by atoms with E-state index in [0.29, 0.717) is 0 Å². The van der Waals surface area contributed by atoms with E-state index in [9.17, 15) is 55.9 Å². The highest BCUT2D eigenvalue weighted by Gasteiger charge is 2.46. The van der Waals surface area contributed by atoms with Crippen molar-refractivity contribution in [2.24, 2.45) is 0 Å². The number of phenolic OH excluding ortho intramolecular Hbond substituents is 3. The van der Waals surface area contributed by atoms with E-state index in [-0.39, 0.29) is 22.7 Å². The summed E-state index contributed by atoms with van der Waals surface area (Å²) in [5, 5.41) is 101. The van der Waals surface area contributed by atoms with Crippen LogP contribution < -0.4 is 14.9 Å². The number of hydrogen-bond acceptors (Lipinski definition) is 16. The van der Waals surface area contributed by atoms with Crippen LogP contribution in [0.2, 0.25) is 0 Å². The predicted molar refractivity (Wildman–Crippen MR) is 140 cm³/mol. The zero-order valence-corrected chi connectivity index (χ0v) is 22.3. The lowest BCUT2D eigenvalue weighted by Crippen LogP contribution is -2.60. The topological polar surface area (TPSA) is 269 Å². The Balaban J connectivity index is 1.46. The molecule has 0 unspecified atom stereocenters. The Morgan fingerprint density at radius 2 is 1.42 bits per heavy atom. The average molecular weight is 611 g/mol. The molecule has 2 fully saturated rings. The van der Waals surface area contributed by atoms with Gasteiger partial charge in [0, 0.05) is 17.7 Å². The summed E-state index contributed by atoms with van der Waals surface area (Å²) < 4.78 is 27.2. The quantitative estimate of drug-likeness (QED) is 0.144. The minimum atomic E-state index is -1.87. The molecule has 0 radical (unpaired) electrons. The molecule has 0 aliphatic carbocycles. The first kappa shape index (κ1) is 30.7. The van der Waals surface area contributed by atoms with E-state index < -0.39 is 102 Å². The first-order chi connectivity index (χ1) is 20.3. The van der Waals surface area contributed by atoms with Gasteiger partial charge in [0.25, 0.3) is 0 Å².